The van der Waals surface area contributed by atoms with Crippen LogP contribution in [0.2, 0.25) is 0 Å². The number of carboxylic acids is 1. The molecule has 1 aromatic heterocycles. The molecular weight excluding hydrogens is 294 g/mol. The maximum Gasteiger partial charge on any atom is 0.319 e. The van der Waals surface area contributed by atoms with Crippen LogP contribution in [0.3, 0.4) is 0 Å². The molecule has 1 atom stereocenters. The molecule has 0 amide bonds. The van der Waals surface area contributed by atoms with E-state index in [0.29, 0.717) is 24.2 Å². The normalized spacial score (nSPS) is 12.2. The van der Waals surface area contributed by atoms with Crippen LogP contribution < -0.4 is 5.32 Å². The summed E-state index contributed by atoms with van der Waals surface area (Å²) >= 11 is 1.35. The molecule has 21 heavy (non-hydrogen) atoms. The molecule has 0 aliphatic carbocycles. The van der Waals surface area contributed by atoms with E-state index in [4.69, 9.17) is 5.11 Å². The fraction of sp³-hybridized carbons (Fsp3) is 0.385. The van der Waals surface area contributed by atoms with E-state index in [-0.39, 0.29) is 18.0 Å². The Balaban J connectivity index is 2.12. The first-order valence-corrected chi connectivity index (χ1v) is 7.33. The standard InChI is InChI=1S/C13H15N3O4S/c1-8(2-5-11(17)18)6-14-9-3-4-10-12(15-7-21-10)13(9)16(19)20/h3-4,7-8,14H,2,5-6H2,1H3,(H,17,18). The molecule has 2 rings (SSSR count). The molecule has 2 aromatic rings. The van der Waals surface area contributed by atoms with Gasteiger partial charge in [-0.25, -0.2) is 4.98 Å². The van der Waals surface area contributed by atoms with Crippen LogP contribution >= 0.6 is 11.3 Å². The third-order valence-corrected chi connectivity index (χ3v) is 3.94. The van der Waals surface area contributed by atoms with Gasteiger partial charge in [0.2, 0.25) is 0 Å². The molecule has 2 N–H and O–H groups in total. The van der Waals surface area contributed by atoms with E-state index in [1.54, 1.807) is 17.6 Å². The van der Waals surface area contributed by atoms with Crippen molar-refractivity contribution >= 4 is 38.9 Å². The van der Waals surface area contributed by atoms with Gasteiger partial charge >= 0.3 is 11.7 Å². The van der Waals surface area contributed by atoms with Gasteiger partial charge in [0, 0.05) is 13.0 Å². The quantitative estimate of drug-likeness (QED) is 0.601. The average molecular weight is 309 g/mol. The third-order valence-electron chi connectivity index (χ3n) is 3.15. The lowest BCUT2D eigenvalue weighted by molar-refractivity contribution is -0.382. The smallest absolute Gasteiger partial charge is 0.319 e. The summed E-state index contributed by atoms with van der Waals surface area (Å²) in [5.41, 5.74) is 2.35. The highest BCUT2D eigenvalue weighted by atomic mass is 32.1. The predicted molar refractivity (Wildman–Crippen MR) is 80.8 cm³/mol. The number of nitrogens with zero attached hydrogens (tertiary/aromatic N) is 2. The Morgan fingerprint density at radius 2 is 2.33 bits per heavy atom. The minimum Gasteiger partial charge on any atom is -0.481 e. The molecule has 8 heteroatoms. The Morgan fingerprint density at radius 3 is 3.00 bits per heavy atom. The van der Waals surface area contributed by atoms with Crippen LogP contribution in [0.5, 0.6) is 0 Å². The van der Waals surface area contributed by atoms with Gasteiger partial charge in [-0.1, -0.05) is 6.92 Å². The minimum atomic E-state index is -0.836. The first kappa shape index (κ1) is 15.2. The first-order valence-electron chi connectivity index (χ1n) is 6.45. The van der Waals surface area contributed by atoms with E-state index in [1.165, 1.54) is 11.3 Å². The number of anilines is 1. The van der Waals surface area contributed by atoms with Gasteiger partial charge in [-0.15, -0.1) is 11.3 Å². The number of aliphatic carboxylic acids is 1. The molecule has 0 radical (unpaired) electrons. The molecule has 0 bridgehead atoms. The van der Waals surface area contributed by atoms with Crippen LogP contribution in [0.1, 0.15) is 19.8 Å². The second kappa shape index (κ2) is 6.49. The molecule has 1 heterocycles. The zero-order valence-electron chi connectivity index (χ0n) is 11.4. The van der Waals surface area contributed by atoms with Gasteiger partial charge in [0.05, 0.1) is 15.1 Å². The van der Waals surface area contributed by atoms with Crippen molar-refractivity contribution in [3.05, 3.63) is 27.8 Å². The molecule has 112 valence electrons. The zero-order valence-corrected chi connectivity index (χ0v) is 12.2. The van der Waals surface area contributed by atoms with Gasteiger partial charge in [0.25, 0.3) is 0 Å². The van der Waals surface area contributed by atoms with Gasteiger partial charge < -0.3 is 10.4 Å². The van der Waals surface area contributed by atoms with Crippen molar-refractivity contribution in [2.24, 2.45) is 5.92 Å². The number of nitrogens with one attached hydrogen (secondary N) is 1. The number of hydrogen-bond donors (Lipinski definition) is 2. The van der Waals surface area contributed by atoms with E-state index in [9.17, 15) is 14.9 Å². The molecule has 1 aromatic carbocycles. The summed E-state index contributed by atoms with van der Waals surface area (Å²) in [7, 11) is 0. The summed E-state index contributed by atoms with van der Waals surface area (Å²) in [6.07, 6.45) is 0.616. The Morgan fingerprint density at radius 1 is 1.57 bits per heavy atom. The molecule has 0 spiro atoms. The zero-order chi connectivity index (χ0) is 15.4. The van der Waals surface area contributed by atoms with Crippen LogP contribution in [0, 0.1) is 16.0 Å². The maximum absolute atomic E-state index is 11.2. The minimum absolute atomic E-state index is 0.0285. The summed E-state index contributed by atoms with van der Waals surface area (Å²) < 4.78 is 0.770. The van der Waals surface area contributed by atoms with Crippen molar-refractivity contribution in [2.75, 3.05) is 11.9 Å². The number of thiazole rings is 1. The number of nitro benzene ring substituents is 1. The average Bonchev–Trinajstić information content (AvgIpc) is 2.89. The number of carboxylic acid groups (broad SMARTS) is 1. The van der Waals surface area contributed by atoms with Crippen LogP contribution in [-0.2, 0) is 4.79 Å². The fourth-order valence-corrected chi connectivity index (χ4v) is 2.68. The van der Waals surface area contributed by atoms with Crippen molar-refractivity contribution in [1.29, 1.82) is 0 Å². The second-order valence-electron chi connectivity index (χ2n) is 4.84. The lowest BCUT2D eigenvalue weighted by atomic mass is 10.1. The number of benzene rings is 1. The molecule has 1 unspecified atom stereocenters. The topological polar surface area (TPSA) is 105 Å². The lowest BCUT2D eigenvalue weighted by Crippen LogP contribution is -2.13. The van der Waals surface area contributed by atoms with E-state index in [2.05, 4.69) is 10.3 Å². The molecule has 0 aliphatic heterocycles. The van der Waals surface area contributed by atoms with Gasteiger partial charge in [-0.05, 0) is 24.5 Å². The van der Waals surface area contributed by atoms with E-state index < -0.39 is 10.9 Å². The SMILES string of the molecule is CC(CCC(=O)O)CNc1ccc2scnc2c1[N+](=O)[O-]. The third kappa shape index (κ3) is 3.66. The monoisotopic (exact) mass is 309 g/mol. The Hall–Kier alpha value is -2.22. The number of fused-ring (bicyclic) bond motifs is 1. The van der Waals surface area contributed by atoms with Gasteiger partial charge in [-0.2, -0.15) is 0 Å². The highest BCUT2D eigenvalue weighted by molar-refractivity contribution is 7.16. The highest BCUT2D eigenvalue weighted by Crippen LogP contribution is 2.34. The number of hydrogen-bond acceptors (Lipinski definition) is 6. The van der Waals surface area contributed by atoms with Gasteiger partial charge in [0.1, 0.15) is 5.69 Å². The summed E-state index contributed by atoms with van der Waals surface area (Å²) in [5.74, 6) is -0.733. The van der Waals surface area contributed by atoms with E-state index in [0.717, 1.165) is 4.70 Å². The van der Waals surface area contributed by atoms with Gasteiger partial charge in [-0.3, -0.25) is 14.9 Å². The van der Waals surface area contributed by atoms with Crippen LogP contribution in [-0.4, -0.2) is 27.5 Å². The van der Waals surface area contributed by atoms with E-state index in [1.807, 2.05) is 6.92 Å². The summed E-state index contributed by atoms with van der Waals surface area (Å²) in [5, 5.41) is 22.9. The Kier molecular flexibility index (Phi) is 4.69. The maximum atomic E-state index is 11.2. The molecule has 0 saturated heterocycles. The van der Waals surface area contributed by atoms with Crippen molar-refractivity contribution in [3.63, 3.8) is 0 Å². The van der Waals surface area contributed by atoms with Crippen molar-refractivity contribution in [1.82, 2.24) is 4.98 Å². The molecule has 0 fully saturated rings. The molecule has 0 saturated carbocycles. The molecule has 7 nitrogen and oxygen atoms in total. The summed E-state index contributed by atoms with van der Waals surface area (Å²) in [6, 6.07) is 3.47. The number of aromatic nitrogens is 1. The molecule has 0 aliphatic rings. The first-order chi connectivity index (χ1) is 9.99. The highest BCUT2D eigenvalue weighted by Gasteiger charge is 2.20. The van der Waals surface area contributed by atoms with Gasteiger partial charge in [0.15, 0.2) is 5.52 Å². The Labute approximate surface area is 124 Å². The van der Waals surface area contributed by atoms with Crippen molar-refractivity contribution in [3.8, 4) is 0 Å². The largest absolute Gasteiger partial charge is 0.481 e. The fourth-order valence-electron chi connectivity index (χ4n) is 2.00. The molecular formula is C13H15N3O4S. The number of carbonyl (C=O) groups is 1. The lowest BCUT2D eigenvalue weighted by Gasteiger charge is -2.12. The van der Waals surface area contributed by atoms with Crippen molar-refractivity contribution in [2.45, 2.75) is 19.8 Å². The number of rotatable bonds is 7. The van der Waals surface area contributed by atoms with Crippen LogP contribution in [0.25, 0.3) is 10.2 Å². The van der Waals surface area contributed by atoms with E-state index >= 15 is 0 Å². The van der Waals surface area contributed by atoms with Crippen LogP contribution in [0.4, 0.5) is 11.4 Å². The predicted octanol–water partition coefficient (Wildman–Crippen LogP) is 3.12. The summed E-state index contributed by atoms with van der Waals surface area (Å²) in [6.45, 7) is 2.38. The summed E-state index contributed by atoms with van der Waals surface area (Å²) in [4.78, 5) is 25.4. The number of nitro groups is 1. The van der Waals surface area contributed by atoms with Crippen LogP contribution in [0.15, 0.2) is 17.6 Å². The second-order valence-corrected chi connectivity index (χ2v) is 5.72. The Bertz CT molecular complexity index is 670. The van der Waals surface area contributed by atoms with Crippen molar-refractivity contribution < 1.29 is 14.8 Å².